The Balaban J connectivity index is 2.70. The largest absolute Gasteiger partial charge is 0.468 e. The Bertz CT molecular complexity index is 466. The van der Waals surface area contributed by atoms with E-state index >= 15 is 0 Å². The number of methoxy groups -OCH3 is 1. The van der Waals surface area contributed by atoms with Crippen molar-refractivity contribution in [3.05, 3.63) is 28.2 Å². The lowest BCUT2D eigenvalue weighted by Crippen LogP contribution is -2.31. The van der Waals surface area contributed by atoms with Gasteiger partial charge < -0.3 is 10.1 Å². The molecule has 0 atom stereocenters. The zero-order valence-corrected chi connectivity index (χ0v) is 8.89. The van der Waals surface area contributed by atoms with Crippen molar-refractivity contribution >= 4 is 11.9 Å². The lowest BCUT2D eigenvalue weighted by molar-refractivity contribution is -0.139. The maximum Gasteiger partial charge on any atom is 0.325 e. The molecule has 0 aromatic carbocycles. The average Bonchev–Trinajstić information content (AvgIpc) is 2.29. The van der Waals surface area contributed by atoms with Crippen molar-refractivity contribution < 1.29 is 14.3 Å². The van der Waals surface area contributed by atoms with Gasteiger partial charge in [0, 0.05) is 13.1 Å². The molecule has 1 heterocycles. The van der Waals surface area contributed by atoms with E-state index in [9.17, 15) is 14.4 Å². The van der Waals surface area contributed by atoms with Gasteiger partial charge in [0.1, 0.15) is 6.54 Å². The summed E-state index contributed by atoms with van der Waals surface area (Å²) in [6.07, 6.45) is 1.24. The summed E-state index contributed by atoms with van der Waals surface area (Å²) in [7, 11) is 2.69. The molecular formula is C9H11N3O4. The standard InChI is InChI=1S/C9H11N3O4/c1-12-7(13)3-6(4-11-12)9(15)10-5-8(14)16-2/h3-4H,5H2,1-2H3,(H,10,15). The van der Waals surface area contributed by atoms with Crippen LogP contribution in [0.1, 0.15) is 10.4 Å². The minimum atomic E-state index is -0.565. The first-order valence-corrected chi connectivity index (χ1v) is 4.43. The minimum absolute atomic E-state index is 0.104. The molecule has 0 saturated heterocycles. The highest BCUT2D eigenvalue weighted by Crippen LogP contribution is 1.90. The third-order valence-electron chi connectivity index (χ3n) is 1.85. The molecule has 86 valence electrons. The highest BCUT2D eigenvalue weighted by Gasteiger charge is 2.09. The molecule has 0 aliphatic carbocycles. The summed E-state index contributed by atoms with van der Waals surface area (Å²) in [6, 6.07) is 1.14. The molecule has 7 heteroatoms. The topological polar surface area (TPSA) is 90.3 Å². The van der Waals surface area contributed by atoms with E-state index in [1.807, 2.05) is 0 Å². The van der Waals surface area contributed by atoms with Gasteiger partial charge in [0.15, 0.2) is 0 Å². The molecule has 1 amide bonds. The molecule has 0 unspecified atom stereocenters. The summed E-state index contributed by atoms with van der Waals surface area (Å²) in [5.41, 5.74) is -0.294. The minimum Gasteiger partial charge on any atom is -0.468 e. The van der Waals surface area contributed by atoms with Crippen LogP contribution in [0.2, 0.25) is 0 Å². The number of carbonyl (C=O) groups excluding carboxylic acids is 2. The Morgan fingerprint density at radius 3 is 2.81 bits per heavy atom. The van der Waals surface area contributed by atoms with Crippen molar-refractivity contribution in [2.45, 2.75) is 0 Å². The van der Waals surface area contributed by atoms with Crippen LogP contribution in [0, 0.1) is 0 Å². The summed E-state index contributed by atoms with van der Waals surface area (Å²) in [5, 5.41) is 5.97. The van der Waals surface area contributed by atoms with Crippen LogP contribution in [0.15, 0.2) is 17.1 Å². The molecule has 1 aromatic heterocycles. The van der Waals surface area contributed by atoms with E-state index < -0.39 is 17.4 Å². The van der Waals surface area contributed by atoms with E-state index in [0.29, 0.717) is 0 Å². The van der Waals surface area contributed by atoms with Crippen molar-refractivity contribution in [3.8, 4) is 0 Å². The second-order valence-electron chi connectivity index (χ2n) is 2.96. The van der Waals surface area contributed by atoms with Gasteiger partial charge in [-0.15, -0.1) is 0 Å². The van der Waals surface area contributed by atoms with Crippen molar-refractivity contribution in [2.75, 3.05) is 13.7 Å². The van der Waals surface area contributed by atoms with E-state index in [1.54, 1.807) is 0 Å². The number of aryl methyl sites for hydroxylation is 1. The van der Waals surface area contributed by atoms with Crippen LogP contribution in [0.3, 0.4) is 0 Å². The van der Waals surface area contributed by atoms with Gasteiger partial charge in [-0.3, -0.25) is 14.4 Å². The molecule has 1 aromatic rings. The molecule has 1 rings (SSSR count). The van der Waals surface area contributed by atoms with Crippen LogP contribution >= 0.6 is 0 Å². The molecule has 0 bridgehead atoms. The van der Waals surface area contributed by atoms with Gasteiger partial charge in [-0.05, 0) is 0 Å². The molecule has 0 aliphatic heterocycles. The predicted molar refractivity (Wildman–Crippen MR) is 53.8 cm³/mol. The molecule has 0 saturated carbocycles. The molecule has 0 spiro atoms. The zero-order chi connectivity index (χ0) is 12.1. The number of nitrogens with one attached hydrogen (secondary N) is 1. The van der Waals surface area contributed by atoms with E-state index in [0.717, 1.165) is 10.7 Å². The Morgan fingerprint density at radius 2 is 2.25 bits per heavy atom. The van der Waals surface area contributed by atoms with E-state index in [-0.39, 0.29) is 12.1 Å². The maximum absolute atomic E-state index is 11.4. The average molecular weight is 225 g/mol. The first-order valence-electron chi connectivity index (χ1n) is 4.43. The number of esters is 1. The van der Waals surface area contributed by atoms with Gasteiger partial charge in [0.25, 0.3) is 11.5 Å². The maximum atomic E-state index is 11.4. The second-order valence-corrected chi connectivity index (χ2v) is 2.96. The molecule has 0 radical (unpaired) electrons. The molecular weight excluding hydrogens is 214 g/mol. The Hall–Kier alpha value is -2.18. The van der Waals surface area contributed by atoms with Crippen LogP contribution in [-0.2, 0) is 16.6 Å². The quantitative estimate of drug-likeness (QED) is 0.644. The second kappa shape index (κ2) is 5.06. The van der Waals surface area contributed by atoms with Crippen molar-refractivity contribution in [3.63, 3.8) is 0 Å². The summed E-state index contributed by atoms with van der Waals surface area (Å²) in [6.45, 7) is -0.245. The lowest BCUT2D eigenvalue weighted by Gasteiger charge is -2.03. The van der Waals surface area contributed by atoms with Crippen LogP contribution in [0.5, 0.6) is 0 Å². The van der Waals surface area contributed by atoms with Gasteiger partial charge in [0.05, 0.1) is 18.9 Å². The number of rotatable bonds is 3. The molecule has 7 nitrogen and oxygen atoms in total. The third-order valence-corrected chi connectivity index (χ3v) is 1.85. The summed E-state index contributed by atoms with van der Waals surface area (Å²) in [5.74, 6) is -1.11. The Morgan fingerprint density at radius 1 is 1.56 bits per heavy atom. The molecule has 0 aliphatic rings. The zero-order valence-electron chi connectivity index (χ0n) is 8.89. The normalized spacial score (nSPS) is 9.62. The van der Waals surface area contributed by atoms with Gasteiger partial charge in [0.2, 0.25) is 0 Å². The first kappa shape index (κ1) is 11.9. The van der Waals surface area contributed by atoms with Crippen molar-refractivity contribution in [1.82, 2.24) is 15.1 Å². The third kappa shape index (κ3) is 2.91. The summed E-state index contributed by atoms with van der Waals surface area (Å²) in [4.78, 5) is 33.3. The summed E-state index contributed by atoms with van der Waals surface area (Å²) >= 11 is 0. The first-order chi connectivity index (χ1) is 7.54. The SMILES string of the molecule is COC(=O)CNC(=O)c1cnn(C)c(=O)c1. The number of ether oxygens (including phenoxy) is 1. The van der Waals surface area contributed by atoms with E-state index in [4.69, 9.17) is 0 Å². The number of hydrogen-bond acceptors (Lipinski definition) is 5. The number of hydrogen-bond donors (Lipinski definition) is 1. The van der Waals surface area contributed by atoms with Gasteiger partial charge in [-0.1, -0.05) is 0 Å². The van der Waals surface area contributed by atoms with Crippen LogP contribution in [-0.4, -0.2) is 35.3 Å². The van der Waals surface area contributed by atoms with Crippen molar-refractivity contribution in [2.24, 2.45) is 7.05 Å². The fourth-order valence-corrected chi connectivity index (χ4v) is 0.920. The molecule has 16 heavy (non-hydrogen) atoms. The van der Waals surface area contributed by atoms with Crippen molar-refractivity contribution in [1.29, 1.82) is 0 Å². The van der Waals surface area contributed by atoms with Crippen LogP contribution in [0.4, 0.5) is 0 Å². The Kier molecular flexibility index (Phi) is 3.76. The highest BCUT2D eigenvalue weighted by atomic mass is 16.5. The van der Waals surface area contributed by atoms with Crippen LogP contribution in [0.25, 0.3) is 0 Å². The lowest BCUT2D eigenvalue weighted by atomic mass is 10.3. The Labute approximate surface area is 91.0 Å². The number of carbonyl (C=O) groups is 2. The predicted octanol–water partition coefficient (Wildman–Crippen LogP) is -1.32. The summed E-state index contributed by atoms with van der Waals surface area (Å²) < 4.78 is 5.44. The monoisotopic (exact) mass is 225 g/mol. The van der Waals surface area contributed by atoms with Gasteiger partial charge in [-0.2, -0.15) is 5.10 Å². The van der Waals surface area contributed by atoms with Gasteiger partial charge >= 0.3 is 5.97 Å². The van der Waals surface area contributed by atoms with E-state index in [1.165, 1.54) is 20.4 Å². The number of aromatic nitrogens is 2. The molecule has 0 fully saturated rings. The number of nitrogens with zero attached hydrogens (tertiary/aromatic N) is 2. The van der Waals surface area contributed by atoms with Crippen LogP contribution < -0.4 is 10.9 Å². The smallest absolute Gasteiger partial charge is 0.325 e. The fraction of sp³-hybridized carbons (Fsp3) is 0.333. The molecule has 1 N–H and O–H groups in total. The fourth-order valence-electron chi connectivity index (χ4n) is 0.920. The number of amides is 1. The highest BCUT2D eigenvalue weighted by molar-refractivity contribution is 5.95. The van der Waals surface area contributed by atoms with E-state index in [2.05, 4.69) is 15.2 Å². The van der Waals surface area contributed by atoms with Gasteiger partial charge in [-0.25, -0.2) is 4.68 Å².